The summed E-state index contributed by atoms with van der Waals surface area (Å²) in [5.74, 6) is -0.540. The molecule has 3 amide bonds. The first kappa shape index (κ1) is 21.4. The third kappa shape index (κ3) is 7.38. The fourth-order valence-electron chi connectivity index (χ4n) is 2.58. The van der Waals surface area contributed by atoms with Crippen molar-refractivity contribution >= 4 is 46.4 Å². The van der Waals surface area contributed by atoms with E-state index in [0.717, 1.165) is 4.90 Å². The van der Waals surface area contributed by atoms with Crippen molar-refractivity contribution in [2.24, 2.45) is 0 Å². The van der Waals surface area contributed by atoms with Crippen LogP contribution in [0.3, 0.4) is 0 Å². The van der Waals surface area contributed by atoms with Gasteiger partial charge in [-0.15, -0.1) is 0 Å². The van der Waals surface area contributed by atoms with Crippen LogP contribution in [0.25, 0.3) is 0 Å². The topological polar surface area (TPSA) is 91.7 Å². The molecule has 0 heterocycles. The summed E-state index contributed by atoms with van der Waals surface area (Å²) in [5.41, 5.74) is 1.90. The smallest absolute Gasteiger partial charge is 0.279 e. The molecule has 0 saturated carbocycles. The molecule has 2 aromatic carbocycles. The van der Waals surface area contributed by atoms with Crippen molar-refractivity contribution in [3.8, 4) is 0 Å². The van der Waals surface area contributed by atoms with Crippen LogP contribution in [0.1, 0.15) is 13.8 Å². The van der Waals surface area contributed by atoms with Crippen LogP contribution < -0.4 is 20.9 Å². The van der Waals surface area contributed by atoms with Crippen molar-refractivity contribution in [3.05, 3.63) is 53.6 Å². The van der Waals surface area contributed by atoms with Crippen LogP contribution in [0, 0.1) is 0 Å². The van der Waals surface area contributed by atoms with E-state index in [1.807, 2.05) is 6.92 Å². The summed E-state index contributed by atoms with van der Waals surface area (Å²) >= 11 is 5.91. The van der Waals surface area contributed by atoms with Gasteiger partial charge in [0, 0.05) is 29.0 Å². The second-order valence-corrected chi connectivity index (χ2v) is 6.76. The lowest BCUT2D eigenvalue weighted by Gasteiger charge is -2.17. The highest BCUT2D eigenvalue weighted by Crippen LogP contribution is 2.14. The van der Waals surface area contributed by atoms with Crippen molar-refractivity contribution in [1.29, 1.82) is 0 Å². The second-order valence-electron chi connectivity index (χ2n) is 6.32. The molecule has 2 aromatic rings. The van der Waals surface area contributed by atoms with Crippen LogP contribution >= 0.6 is 11.6 Å². The number of nitrogens with one attached hydrogen (secondary N) is 4. The number of amides is 3. The highest BCUT2D eigenvalue weighted by atomic mass is 35.5. The summed E-state index contributed by atoms with van der Waals surface area (Å²) in [6.07, 6.45) is 0. The molecule has 8 heteroatoms. The molecule has 2 rings (SSSR count). The normalized spacial score (nSPS) is 11.4. The van der Waals surface area contributed by atoms with Gasteiger partial charge in [-0.05, 0) is 49.4 Å². The largest absolute Gasteiger partial charge is 0.326 e. The lowest BCUT2D eigenvalue weighted by atomic mass is 10.2. The zero-order valence-electron chi connectivity index (χ0n) is 15.8. The van der Waals surface area contributed by atoms with E-state index in [1.165, 1.54) is 6.92 Å². The number of likely N-dealkylation sites (N-methyl/N-ethyl adjacent to an activating group) is 1. The summed E-state index contributed by atoms with van der Waals surface area (Å²) < 4.78 is 0. The molecule has 0 spiro atoms. The van der Waals surface area contributed by atoms with E-state index in [4.69, 9.17) is 11.6 Å². The number of hydrogen-bond acceptors (Lipinski definition) is 3. The van der Waals surface area contributed by atoms with E-state index in [1.54, 1.807) is 48.5 Å². The maximum absolute atomic E-state index is 12.3. The number of carbonyl (C=O) groups is 3. The Morgan fingerprint density at radius 2 is 1.39 bits per heavy atom. The number of rotatable bonds is 8. The number of anilines is 3. The fourth-order valence-corrected chi connectivity index (χ4v) is 2.77. The summed E-state index contributed by atoms with van der Waals surface area (Å²) in [7, 11) is 0. The van der Waals surface area contributed by atoms with Crippen molar-refractivity contribution < 1.29 is 19.3 Å². The minimum atomic E-state index is -0.195. The molecular formula is C20H24ClN4O3+. The average molecular weight is 404 g/mol. The molecule has 28 heavy (non-hydrogen) atoms. The summed E-state index contributed by atoms with van der Waals surface area (Å²) in [4.78, 5) is 36.3. The lowest BCUT2D eigenvalue weighted by Crippen LogP contribution is -3.13. The molecule has 0 aliphatic heterocycles. The van der Waals surface area contributed by atoms with Gasteiger partial charge < -0.3 is 20.9 Å². The Kier molecular flexibility index (Phi) is 7.98. The monoisotopic (exact) mass is 403 g/mol. The molecule has 0 aliphatic carbocycles. The van der Waals surface area contributed by atoms with Gasteiger partial charge >= 0.3 is 0 Å². The maximum atomic E-state index is 12.3. The van der Waals surface area contributed by atoms with Crippen LogP contribution in [0.5, 0.6) is 0 Å². The maximum Gasteiger partial charge on any atom is 0.279 e. The first-order chi connectivity index (χ1) is 13.4. The van der Waals surface area contributed by atoms with Gasteiger partial charge in [0.2, 0.25) is 5.91 Å². The zero-order chi connectivity index (χ0) is 20.5. The molecule has 4 N–H and O–H groups in total. The molecule has 0 bridgehead atoms. The summed E-state index contributed by atoms with van der Waals surface area (Å²) in [6, 6.07) is 13.7. The Balaban J connectivity index is 1.84. The third-order valence-electron chi connectivity index (χ3n) is 3.92. The van der Waals surface area contributed by atoms with Crippen molar-refractivity contribution in [2.75, 3.05) is 35.6 Å². The SMILES string of the molecule is CC[NH+](CC(=O)Nc1ccc(NC(C)=O)cc1)CC(=O)Nc1cccc(Cl)c1. The van der Waals surface area contributed by atoms with Crippen molar-refractivity contribution in [3.63, 3.8) is 0 Å². The number of hydrogen-bond donors (Lipinski definition) is 4. The van der Waals surface area contributed by atoms with Gasteiger partial charge in [-0.3, -0.25) is 14.4 Å². The predicted octanol–water partition coefficient (Wildman–Crippen LogP) is 1.78. The van der Waals surface area contributed by atoms with E-state index >= 15 is 0 Å². The first-order valence-electron chi connectivity index (χ1n) is 8.92. The predicted molar refractivity (Wildman–Crippen MR) is 111 cm³/mol. The van der Waals surface area contributed by atoms with Gasteiger partial charge in [-0.1, -0.05) is 17.7 Å². The fraction of sp³-hybridized carbons (Fsp3) is 0.250. The molecular weight excluding hydrogens is 380 g/mol. The highest BCUT2D eigenvalue weighted by molar-refractivity contribution is 6.30. The number of halogens is 1. The second kappa shape index (κ2) is 10.4. The first-order valence-corrected chi connectivity index (χ1v) is 9.30. The van der Waals surface area contributed by atoms with Gasteiger partial charge in [-0.25, -0.2) is 0 Å². The quantitative estimate of drug-likeness (QED) is 0.541. The zero-order valence-corrected chi connectivity index (χ0v) is 16.6. The van der Waals surface area contributed by atoms with Gasteiger partial charge in [0.1, 0.15) is 0 Å². The molecule has 0 aromatic heterocycles. The lowest BCUT2D eigenvalue weighted by molar-refractivity contribution is -0.881. The van der Waals surface area contributed by atoms with E-state index in [9.17, 15) is 14.4 Å². The number of benzene rings is 2. The highest BCUT2D eigenvalue weighted by Gasteiger charge is 2.17. The Morgan fingerprint density at radius 1 is 0.857 bits per heavy atom. The van der Waals surface area contributed by atoms with Gasteiger partial charge in [0.05, 0.1) is 6.54 Å². The van der Waals surface area contributed by atoms with Crippen LogP contribution in [0.2, 0.25) is 5.02 Å². The van der Waals surface area contributed by atoms with E-state index in [0.29, 0.717) is 28.6 Å². The number of quaternary nitrogens is 1. The molecule has 0 fully saturated rings. The van der Waals surface area contributed by atoms with Crippen molar-refractivity contribution in [2.45, 2.75) is 13.8 Å². The molecule has 0 radical (unpaired) electrons. The van der Waals surface area contributed by atoms with E-state index in [-0.39, 0.29) is 30.8 Å². The Hall–Kier alpha value is -2.90. The number of carbonyl (C=O) groups excluding carboxylic acids is 3. The van der Waals surface area contributed by atoms with Crippen LogP contribution in [-0.2, 0) is 14.4 Å². The Morgan fingerprint density at radius 3 is 1.89 bits per heavy atom. The van der Waals surface area contributed by atoms with Crippen LogP contribution in [-0.4, -0.2) is 37.4 Å². The minimum absolute atomic E-state index is 0.157. The molecule has 148 valence electrons. The summed E-state index contributed by atoms with van der Waals surface area (Å²) in [6.45, 7) is 4.29. The molecule has 1 unspecified atom stereocenters. The van der Waals surface area contributed by atoms with Crippen LogP contribution in [0.15, 0.2) is 48.5 Å². The van der Waals surface area contributed by atoms with Gasteiger partial charge in [-0.2, -0.15) is 0 Å². The minimum Gasteiger partial charge on any atom is -0.326 e. The average Bonchev–Trinajstić information content (AvgIpc) is 2.62. The van der Waals surface area contributed by atoms with Gasteiger partial charge in [0.15, 0.2) is 13.1 Å². The molecule has 1 atom stereocenters. The molecule has 7 nitrogen and oxygen atoms in total. The van der Waals surface area contributed by atoms with E-state index in [2.05, 4.69) is 16.0 Å². The van der Waals surface area contributed by atoms with E-state index < -0.39 is 0 Å². The third-order valence-corrected chi connectivity index (χ3v) is 4.15. The molecule has 0 saturated heterocycles. The Bertz CT molecular complexity index is 840. The van der Waals surface area contributed by atoms with Gasteiger partial charge in [0.25, 0.3) is 11.8 Å². The summed E-state index contributed by atoms with van der Waals surface area (Å²) in [5, 5.41) is 8.78. The van der Waals surface area contributed by atoms with Crippen LogP contribution in [0.4, 0.5) is 17.1 Å². The Labute approximate surface area is 169 Å². The molecule has 0 aliphatic rings. The van der Waals surface area contributed by atoms with Crippen molar-refractivity contribution in [1.82, 2.24) is 0 Å². The standard InChI is InChI=1S/C20H23ClN4O3/c1-3-25(13-20(28)24-18-6-4-5-15(21)11-18)12-19(27)23-17-9-7-16(8-10-17)22-14(2)26/h4-11H,3,12-13H2,1-2H3,(H,22,26)(H,23,27)(H,24,28)/p+1.